The van der Waals surface area contributed by atoms with E-state index in [2.05, 4.69) is 21.2 Å². The van der Waals surface area contributed by atoms with Gasteiger partial charge < -0.3 is 15.0 Å². The van der Waals surface area contributed by atoms with Crippen molar-refractivity contribution in [1.82, 2.24) is 10.2 Å². The summed E-state index contributed by atoms with van der Waals surface area (Å²) in [7, 11) is 1.76. The van der Waals surface area contributed by atoms with E-state index in [9.17, 15) is 9.59 Å². The van der Waals surface area contributed by atoms with Crippen molar-refractivity contribution in [2.75, 3.05) is 26.7 Å². The number of nitrogens with zero attached hydrogens (tertiary/aromatic N) is 1. The van der Waals surface area contributed by atoms with Crippen LogP contribution >= 0.6 is 27.3 Å². The SMILES string of the molecule is CN(CCOc1ccc(Br)cc1)C(=O)CCCNC(=O)c1ccsc1. The van der Waals surface area contributed by atoms with Crippen LogP contribution in [0.15, 0.2) is 45.6 Å². The van der Waals surface area contributed by atoms with Crippen molar-refractivity contribution in [3.63, 3.8) is 0 Å². The van der Waals surface area contributed by atoms with Crippen LogP contribution in [0, 0.1) is 0 Å². The maximum Gasteiger partial charge on any atom is 0.252 e. The van der Waals surface area contributed by atoms with E-state index in [1.165, 1.54) is 11.3 Å². The Kier molecular flexibility index (Phi) is 7.94. The molecule has 0 saturated carbocycles. The Morgan fingerprint density at radius 1 is 1.24 bits per heavy atom. The Labute approximate surface area is 160 Å². The standard InChI is InChI=1S/C18H21BrN2O3S/c1-21(10-11-24-16-6-4-15(19)5-7-16)17(22)3-2-9-20-18(23)14-8-12-25-13-14/h4-8,12-13H,2-3,9-11H2,1H3,(H,20,23). The number of hydrogen-bond acceptors (Lipinski definition) is 4. The monoisotopic (exact) mass is 424 g/mol. The molecule has 2 amide bonds. The summed E-state index contributed by atoms with van der Waals surface area (Å²) >= 11 is 4.86. The highest BCUT2D eigenvalue weighted by Gasteiger charge is 2.09. The van der Waals surface area contributed by atoms with E-state index >= 15 is 0 Å². The second-order valence-electron chi connectivity index (χ2n) is 5.49. The molecule has 0 bridgehead atoms. The van der Waals surface area contributed by atoms with E-state index in [1.54, 1.807) is 23.4 Å². The molecule has 2 rings (SSSR count). The van der Waals surface area contributed by atoms with Crippen LogP contribution in [-0.2, 0) is 4.79 Å². The summed E-state index contributed by atoms with van der Waals surface area (Å²) in [6, 6.07) is 9.36. The minimum atomic E-state index is -0.0926. The number of ether oxygens (including phenoxy) is 1. The van der Waals surface area contributed by atoms with Gasteiger partial charge in [0.1, 0.15) is 12.4 Å². The Balaban J connectivity index is 1.58. The van der Waals surface area contributed by atoms with Crippen molar-refractivity contribution < 1.29 is 14.3 Å². The molecule has 5 nitrogen and oxygen atoms in total. The number of carbonyl (C=O) groups is 2. The zero-order valence-electron chi connectivity index (χ0n) is 14.0. The summed E-state index contributed by atoms with van der Waals surface area (Å²) in [6.07, 6.45) is 1.02. The Morgan fingerprint density at radius 3 is 2.68 bits per heavy atom. The first-order valence-electron chi connectivity index (χ1n) is 7.99. The summed E-state index contributed by atoms with van der Waals surface area (Å²) in [5.41, 5.74) is 0.665. The number of thiophene rings is 1. The third kappa shape index (κ3) is 6.88. The van der Waals surface area contributed by atoms with Gasteiger partial charge in [0.05, 0.1) is 6.54 Å². The summed E-state index contributed by atoms with van der Waals surface area (Å²) in [6.45, 7) is 1.46. The highest BCUT2D eigenvalue weighted by molar-refractivity contribution is 9.10. The van der Waals surface area contributed by atoms with Crippen molar-refractivity contribution in [2.24, 2.45) is 0 Å². The number of hydrogen-bond donors (Lipinski definition) is 1. The lowest BCUT2D eigenvalue weighted by molar-refractivity contribution is -0.130. The van der Waals surface area contributed by atoms with Crippen molar-refractivity contribution in [2.45, 2.75) is 12.8 Å². The van der Waals surface area contributed by atoms with E-state index < -0.39 is 0 Å². The second-order valence-corrected chi connectivity index (χ2v) is 7.18. The van der Waals surface area contributed by atoms with Gasteiger partial charge in [-0.15, -0.1) is 0 Å². The molecule has 1 heterocycles. The molecule has 0 radical (unpaired) electrons. The van der Waals surface area contributed by atoms with Crippen molar-refractivity contribution in [1.29, 1.82) is 0 Å². The lowest BCUT2D eigenvalue weighted by atomic mass is 10.2. The quantitative estimate of drug-likeness (QED) is 0.626. The van der Waals surface area contributed by atoms with Crippen molar-refractivity contribution >= 4 is 39.1 Å². The topological polar surface area (TPSA) is 58.6 Å². The molecule has 0 spiro atoms. The largest absolute Gasteiger partial charge is 0.492 e. The van der Waals surface area contributed by atoms with Gasteiger partial charge in [-0.2, -0.15) is 11.3 Å². The van der Waals surface area contributed by atoms with E-state index in [-0.39, 0.29) is 11.8 Å². The van der Waals surface area contributed by atoms with Gasteiger partial charge in [0.15, 0.2) is 0 Å². The number of nitrogens with one attached hydrogen (secondary N) is 1. The Morgan fingerprint density at radius 2 is 2.00 bits per heavy atom. The number of amides is 2. The van der Waals surface area contributed by atoms with Crippen LogP contribution in [-0.4, -0.2) is 43.5 Å². The van der Waals surface area contributed by atoms with Crippen LogP contribution in [0.4, 0.5) is 0 Å². The lowest BCUT2D eigenvalue weighted by Gasteiger charge is -2.17. The molecule has 2 aromatic rings. The van der Waals surface area contributed by atoms with Gasteiger partial charge in [-0.25, -0.2) is 0 Å². The maximum absolute atomic E-state index is 12.1. The van der Waals surface area contributed by atoms with Gasteiger partial charge in [-0.3, -0.25) is 9.59 Å². The van der Waals surface area contributed by atoms with Crippen LogP contribution in [0.25, 0.3) is 0 Å². The molecule has 134 valence electrons. The summed E-state index contributed by atoms with van der Waals surface area (Å²) in [4.78, 5) is 25.5. The first-order valence-corrected chi connectivity index (χ1v) is 9.72. The zero-order valence-corrected chi connectivity index (χ0v) is 16.4. The number of likely N-dealkylation sites (N-methyl/N-ethyl adjacent to an activating group) is 1. The summed E-state index contributed by atoms with van der Waals surface area (Å²) in [5, 5.41) is 6.49. The molecule has 0 saturated heterocycles. The molecule has 1 aromatic carbocycles. The Bertz CT molecular complexity index is 674. The van der Waals surface area contributed by atoms with Gasteiger partial charge in [0.25, 0.3) is 5.91 Å². The van der Waals surface area contributed by atoms with Gasteiger partial charge >= 0.3 is 0 Å². The summed E-state index contributed by atoms with van der Waals surface area (Å²) in [5.74, 6) is 0.731. The van der Waals surface area contributed by atoms with Gasteiger partial charge in [0.2, 0.25) is 5.91 Å². The number of benzene rings is 1. The molecule has 0 aliphatic carbocycles. The smallest absolute Gasteiger partial charge is 0.252 e. The number of carbonyl (C=O) groups excluding carboxylic acids is 2. The van der Waals surface area contributed by atoms with E-state index in [0.29, 0.717) is 38.1 Å². The highest BCUT2D eigenvalue weighted by Crippen LogP contribution is 2.15. The minimum Gasteiger partial charge on any atom is -0.492 e. The normalized spacial score (nSPS) is 10.3. The summed E-state index contributed by atoms with van der Waals surface area (Å²) < 4.78 is 6.61. The van der Waals surface area contributed by atoms with Crippen molar-refractivity contribution in [3.05, 3.63) is 51.1 Å². The highest BCUT2D eigenvalue weighted by atomic mass is 79.9. The van der Waals surface area contributed by atoms with E-state index in [0.717, 1.165) is 10.2 Å². The van der Waals surface area contributed by atoms with E-state index in [1.807, 2.05) is 29.6 Å². The fourth-order valence-corrected chi connectivity index (χ4v) is 2.98. The fourth-order valence-electron chi connectivity index (χ4n) is 2.08. The minimum absolute atomic E-state index is 0.0455. The predicted octanol–water partition coefficient (Wildman–Crippen LogP) is 3.56. The predicted molar refractivity (Wildman–Crippen MR) is 103 cm³/mol. The van der Waals surface area contributed by atoms with Crippen LogP contribution in [0.3, 0.4) is 0 Å². The van der Waals surface area contributed by atoms with Crippen LogP contribution in [0.2, 0.25) is 0 Å². The number of rotatable bonds is 9. The van der Waals surface area contributed by atoms with Gasteiger partial charge in [-0.1, -0.05) is 15.9 Å². The van der Waals surface area contributed by atoms with Crippen LogP contribution in [0.1, 0.15) is 23.2 Å². The molecular formula is C18H21BrN2O3S. The molecule has 0 atom stereocenters. The molecule has 0 aliphatic rings. The second kappa shape index (κ2) is 10.2. The third-order valence-electron chi connectivity index (χ3n) is 3.57. The van der Waals surface area contributed by atoms with E-state index in [4.69, 9.17) is 4.74 Å². The van der Waals surface area contributed by atoms with Crippen LogP contribution < -0.4 is 10.1 Å². The molecule has 7 heteroatoms. The molecule has 25 heavy (non-hydrogen) atoms. The van der Waals surface area contributed by atoms with Gasteiger partial charge in [0, 0.05) is 35.4 Å². The van der Waals surface area contributed by atoms with Crippen LogP contribution in [0.5, 0.6) is 5.75 Å². The molecule has 0 unspecified atom stereocenters. The first-order chi connectivity index (χ1) is 12.1. The molecule has 1 N–H and O–H groups in total. The van der Waals surface area contributed by atoms with Gasteiger partial charge in [-0.05, 0) is 42.1 Å². The Hall–Kier alpha value is -1.86. The molecular weight excluding hydrogens is 404 g/mol. The number of halogens is 1. The molecule has 1 aromatic heterocycles. The van der Waals surface area contributed by atoms with Crippen molar-refractivity contribution in [3.8, 4) is 5.75 Å². The maximum atomic E-state index is 12.1. The fraction of sp³-hybridized carbons (Fsp3) is 0.333. The average molecular weight is 425 g/mol. The zero-order chi connectivity index (χ0) is 18.1. The lowest BCUT2D eigenvalue weighted by Crippen LogP contribution is -2.31. The molecule has 0 aliphatic heterocycles. The average Bonchev–Trinajstić information content (AvgIpc) is 3.14. The molecule has 0 fully saturated rings. The first kappa shape index (κ1) is 19.5. The third-order valence-corrected chi connectivity index (χ3v) is 4.78.